The highest BCUT2D eigenvalue weighted by atomic mass is 35.5. The van der Waals surface area contributed by atoms with Gasteiger partial charge in [-0.1, -0.05) is 6.92 Å². The van der Waals surface area contributed by atoms with Gasteiger partial charge in [0.25, 0.3) is 0 Å². The fraction of sp³-hybridized carbons (Fsp3) is 1.00. The number of hydrogen-bond acceptors (Lipinski definition) is 2. The van der Waals surface area contributed by atoms with E-state index in [0.29, 0.717) is 5.92 Å². The Morgan fingerprint density at radius 1 is 1.50 bits per heavy atom. The molecular formula is C11H23ClN2. The maximum Gasteiger partial charge on any atom is 0.0261 e. The lowest BCUT2D eigenvalue weighted by Gasteiger charge is -2.28. The highest BCUT2D eigenvalue weighted by molar-refractivity contribution is 6.18. The first-order chi connectivity index (χ1) is 6.63. The minimum absolute atomic E-state index is 0.624. The summed E-state index contributed by atoms with van der Waals surface area (Å²) < 4.78 is 0. The largest absolute Gasteiger partial charge is 0.308 e. The van der Waals surface area contributed by atoms with E-state index in [2.05, 4.69) is 30.8 Å². The topological polar surface area (TPSA) is 6.48 Å². The molecule has 0 bridgehead atoms. The average molecular weight is 219 g/mol. The quantitative estimate of drug-likeness (QED) is 0.651. The molecule has 1 fully saturated rings. The van der Waals surface area contributed by atoms with E-state index in [9.17, 15) is 0 Å². The summed E-state index contributed by atoms with van der Waals surface area (Å²) in [6.45, 7) is 5.86. The summed E-state index contributed by atoms with van der Waals surface area (Å²) in [5, 5.41) is 0. The molecule has 0 aromatic heterocycles. The van der Waals surface area contributed by atoms with Gasteiger partial charge in [-0.15, -0.1) is 11.6 Å². The van der Waals surface area contributed by atoms with Gasteiger partial charge < -0.3 is 4.90 Å². The van der Waals surface area contributed by atoms with Crippen LogP contribution in [0, 0.1) is 5.92 Å². The van der Waals surface area contributed by atoms with Crippen LogP contribution in [0.1, 0.15) is 19.8 Å². The Balaban J connectivity index is 2.35. The predicted octanol–water partition coefficient (Wildman–Crippen LogP) is 1.89. The first-order valence-corrected chi connectivity index (χ1v) is 6.11. The molecule has 0 spiro atoms. The predicted molar refractivity (Wildman–Crippen MR) is 63.0 cm³/mol. The number of hydrogen-bond donors (Lipinski definition) is 0. The summed E-state index contributed by atoms with van der Waals surface area (Å²) in [5.41, 5.74) is 0. The Hall–Kier alpha value is 0.210. The lowest BCUT2D eigenvalue weighted by Crippen LogP contribution is -2.39. The molecule has 0 aliphatic carbocycles. The van der Waals surface area contributed by atoms with Crippen LogP contribution >= 0.6 is 11.6 Å². The van der Waals surface area contributed by atoms with Crippen LogP contribution in [0.15, 0.2) is 0 Å². The van der Waals surface area contributed by atoms with Crippen LogP contribution in [0.4, 0.5) is 0 Å². The summed E-state index contributed by atoms with van der Waals surface area (Å²) in [4.78, 5) is 4.89. The molecule has 1 saturated heterocycles. The van der Waals surface area contributed by atoms with Crippen LogP contribution in [0.3, 0.4) is 0 Å². The van der Waals surface area contributed by atoms with Crippen LogP contribution in [-0.2, 0) is 0 Å². The van der Waals surface area contributed by atoms with Crippen molar-refractivity contribution < 1.29 is 0 Å². The van der Waals surface area contributed by atoms with Gasteiger partial charge in [0.05, 0.1) is 0 Å². The fourth-order valence-corrected chi connectivity index (χ4v) is 2.31. The fourth-order valence-electron chi connectivity index (χ4n) is 2.21. The molecule has 0 radical (unpaired) electrons. The van der Waals surface area contributed by atoms with E-state index in [1.165, 1.54) is 32.5 Å². The van der Waals surface area contributed by atoms with Gasteiger partial charge in [0.1, 0.15) is 0 Å². The van der Waals surface area contributed by atoms with Crippen LogP contribution in [0.2, 0.25) is 0 Å². The van der Waals surface area contributed by atoms with E-state index in [-0.39, 0.29) is 0 Å². The number of likely N-dealkylation sites (tertiary alicyclic amines) is 1. The Bertz CT molecular complexity index is 161. The Labute approximate surface area is 93.2 Å². The molecule has 1 aliphatic rings. The standard InChI is InChI=1S/C11H23ClN2/c1-10(7-12)8-14-6-4-5-11(14)9-13(2)3/h10-11H,4-9H2,1-3H3. The zero-order chi connectivity index (χ0) is 10.6. The van der Waals surface area contributed by atoms with Crippen molar-refractivity contribution >= 4 is 11.6 Å². The molecule has 1 rings (SSSR count). The maximum atomic E-state index is 5.85. The molecule has 0 amide bonds. The van der Waals surface area contributed by atoms with Crippen LogP contribution in [0.25, 0.3) is 0 Å². The molecule has 1 heterocycles. The third-order valence-corrected chi connectivity index (χ3v) is 3.41. The number of alkyl halides is 1. The van der Waals surface area contributed by atoms with Gasteiger partial charge in [0.15, 0.2) is 0 Å². The molecular weight excluding hydrogens is 196 g/mol. The van der Waals surface area contributed by atoms with Crippen LogP contribution in [0.5, 0.6) is 0 Å². The lowest BCUT2D eigenvalue weighted by molar-refractivity contribution is 0.190. The number of nitrogens with zero attached hydrogens (tertiary/aromatic N) is 2. The van der Waals surface area contributed by atoms with E-state index < -0.39 is 0 Å². The molecule has 14 heavy (non-hydrogen) atoms. The second-order valence-corrected chi connectivity index (χ2v) is 5.12. The third-order valence-electron chi connectivity index (χ3n) is 2.88. The summed E-state index contributed by atoms with van der Waals surface area (Å²) in [6.07, 6.45) is 2.71. The minimum atomic E-state index is 0.624. The van der Waals surface area contributed by atoms with Crippen LogP contribution in [-0.4, -0.2) is 55.5 Å². The molecule has 1 aliphatic heterocycles. The summed E-state index contributed by atoms with van der Waals surface area (Å²) in [7, 11) is 4.31. The smallest absolute Gasteiger partial charge is 0.0261 e. The second kappa shape index (κ2) is 5.94. The van der Waals surface area contributed by atoms with Gasteiger partial charge in [-0.2, -0.15) is 0 Å². The lowest BCUT2D eigenvalue weighted by atomic mass is 10.1. The zero-order valence-electron chi connectivity index (χ0n) is 9.67. The van der Waals surface area contributed by atoms with E-state index >= 15 is 0 Å². The zero-order valence-corrected chi connectivity index (χ0v) is 10.4. The van der Waals surface area contributed by atoms with Crippen molar-refractivity contribution in [3.05, 3.63) is 0 Å². The molecule has 0 aromatic carbocycles. The third kappa shape index (κ3) is 3.76. The van der Waals surface area contributed by atoms with Gasteiger partial charge in [0.2, 0.25) is 0 Å². The molecule has 0 N–H and O–H groups in total. The van der Waals surface area contributed by atoms with Crippen molar-refractivity contribution in [2.75, 3.05) is 39.6 Å². The molecule has 2 atom stereocenters. The van der Waals surface area contributed by atoms with Crippen molar-refractivity contribution in [2.45, 2.75) is 25.8 Å². The van der Waals surface area contributed by atoms with Crippen molar-refractivity contribution in [3.8, 4) is 0 Å². The van der Waals surface area contributed by atoms with Gasteiger partial charge in [-0.05, 0) is 39.4 Å². The Morgan fingerprint density at radius 3 is 2.79 bits per heavy atom. The number of rotatable bonds is 5. The van der Waals surface area contributed by atoms with Crippen molar-refractivity contribution in [1.29, 1.82) is 0 Å². The monoisotopic (exact) mass is 218 g/mol. The summed E-state index contributed by atoms with van der Waals surface area (Å²) in [5.74, 6) is 1.41. The Morgan fingerprint density at radius 2 is 2.21 bits per heavy atom. The molecule has 0 saturated carbocycles. The average Bonchev–Trinajstić information content (AvgIpc) is 2.52. The molecule has 3 heteroatoms. The molecule has 84 valence electrons. The molecule has 2 unspecified atom stereocenters. The highest BCUT2D eigenvalue weighted by Crippen LogP contribution is 2.19. The van der Waals surface area contributed by atoms with E-state index in [0.717, 1.165) is 11.9 Å². The van der Waals surface area contributed by atoms with E-state index in [1.54, 1.807) is 0 Å². The van der Waals surface area contributed by atoms with Crippen molar-refractivity contribution in [1.82, 2.24) is 9.80 Å². The van der Waals surface area contributed by atoms with Gasteiger partial charge in [0, 0.05) is 25.0 Å². The van der Waals surface area contributed by atoms with E-state index in [1.807, 2.05) is 0 Å². The number of likely N-dealkylation sites (N-methyl/N-ethyl adjacent to an activating group) is 1. The second-order valence-electron chi connectivity index (χ2n) is 4.81. The van der Waals surface area contributed by atoms with Gasteiger partial charge in [-0.3, -0.25) is 4.90 Å². The van der Waals surface area contributed by atoms with Crippen LogP contribution < -0.4 is 0 Å². The first kappa shape index (κ1) is 12.3. The van der Waals surface area contributed by atoms with Gasteiger partial charge in [-0.25, -0.2) is 0 Å². The van der Waals surface area contributed by atoms with Crippen molar-refractivity contribution in [3.63, 3.8) is 0 Å². The minimum Gasteiger partial charge on any atom is -0.308 e. The van der Waals surface area contributed by atoms with E-state index in [4.69, 9.17) is 11.6 Å². The highest BCUT2D eigenvalue weighted by Gasteiger charge is 2.25. The van der Waals surface area contributed by atoms with Gasteiger partial charge >= 0.3 is 0 Å². The van der Waals surface area contributed by atoms with Crippen molar-refractivity contribution in [2.24, 2.45) is 5.92 Å². The number of halogens is 1. The summed E-state index contributed by atoms with van der Waals surface area (Å²) >= 11 is 5.85. The maximum absolute atomic E-state index is 5.85. The summed E-state index contributed by atoms with van der Waals surface area (Å²) in [6, 6.07) is 0.760. The SMILES string of the molecule is CC(CCl)CN1CCCC1CN(C)C. The molecule has 0 aromatic rings. The normalized spacial score (nSPS) is 25.9. The first-order valence-electron chi connectivity index (χ1n) is 5.58. The molecule has 2 nitrogen and oxygen atoms in total. The Kier molecular flexibility index (Phi) is 5.21.